The number of sulfone groups is 1. The number of benzene rings is 1. The van der Waals surface area contributed by atoms with Gasteiger partial charge in [-0.05, 0) is 26.0 Å². The van der Waals surface area contributed by atoms with Crippen LogP contribution in [0.1, 0.15) is 29.0 Å². The average Bonchev–Trinajstić information content (AvgIpc) is 2.91. The van der Waals surface area contributed by atoms with Crippen LogP contribution in [-0.2, 0) is 15.6 Å². The van der Waals surface area contributed by atoms with Crippen molar-refractivity contribution in [3.63, 3.8) is 0 Å². The zero-order valence-electron chi connectivity index (χ0n) is 13.9. The predicted molar refractivity (Wildman–Crippen MR) is 92.7 cm³/mol. The molecular weight excluding hydrogens is 328 g/mol. The molecule has 0 spiro atoms. The Kier molecular flexibility index (Phi) is 4.64. The van der Waals surface area contributed by atoms with Gasteiger partial charge >= 0.3 is 0 Å². The second kappa shape index (κ2) is 6.57. The summed E-state index contributed by atoms with van der Waals surface area (Å²) in [4.78, 5) is 14.7. The standard InChI is InChI=1S/C17H22N2O4S/c1-18-12-6-5-9-19(10-12)17(20)16-14(11-24(2,21)22)13-7-3-4-8-15(13)23-16/h3-4,7-8,12,18H,5-6,9-11H2,1-2H3/t12-/m1/s1. The number of para-hydroxylation sites is 1. The molecule has 1 N–H and O–H groups in total. The summed E-state index contributed by atoms with van der Waals surface area (Å²) in [7, 11) is -1.40. The van der Waals surface area contributed by atoms with E-state index in [4.69, 9.17) is 4.42 Å². The Morgan fingerprint density at radius 3 is 2.83 bits per heavy atom. The van der Waals surface area contributed by atoms with Gasteiger partial charge in [-0.3, -0.25) is 4.79 Å². The molecule has 7 heteroatoms. The minimum atomic E-state index is -3.28. The van der Waals surface area contributed by atoms with E-state index in [0.717, 1.165) is 12.8 Å². The largest absolute Gasteiger partial charge is 0.451 e. The summed E-state index contributed by atoms with van der Waals surface area (Å²) in [5.41, 5.74) is 1.01. The van der Waals surface area contributed by atoms with Gasteiger partial charge < -0.3 is 14.6 Å². The second-order valence-corrected chi connectivity index (χ2v) is 8.50. The molecule has 2 heterocycles. The third-order valence-corrected chi connectivity index (χ3v) is 5.23. The molecule has 1 aromatic heterocycles. The van der Waals surface area contributed by atoms with Gasteiger partial charge in [0.2, 0.25) is 0 Å². The van der Waals surface area contributed by atoms with Gasteiger partial charge in [-0.25, -0.2) is 8.42 Å². The number of likely N-dealkylation sites (tertiary alicyclic amines) is 1. The number of likely N-dealkylation sites (N-methyl/N-ethyl adjacent to an activating group) is 1. The van der Waals surface area contributed by atoms with Crippen molar-refractivity contribution in [3.8, 4) is 0 Å². The summed E-state index contributed by atoms with van der Waals surface area (Å²) in [6, 6.07) is 7.43. The van der Waals surface area contributed by atoms with Crippen molar-refractivity contribution in [2.75, 3.05) is 26.4 Å². The van der Waals surface area contributed by atoms with Crippen LogP contribution in [0.3, 0.4) is 0 Å². The average molecular weight is 350 g/mol. The topological polar surface area (TPSA) is 79.6 Å². The van der Waals surface area contributed by atoms with Crippen molar-refractivity contribution in [1.82, 2.24) is 10.2 Å². The Morgan fingerprint density at radius 1 is 1.38 bits per heavy atom. The van der Waals surface area contributed by atoms with E-state index in [0.29, 0.717) is 29.6 Å². The minimum Gasteiger partial charge on any atom is -0.451 e. The molecule has 1 aliphatic heterocycles. The van der Waals surface area contributed by atoms with Crippen molar-refractivity contribution in [2.24, 2.45) is 0 Å². The number of carbonyl (C=O) groups excluding carboxylic acids is 1. The second-order valence-electron chi connectivity index (χ2n) is 6.35. The number of nitrogens with zero attached hydrogens (tertiary/aromatic N) is 1. The van der Waals surface area contributed by atoms with Crippen LogP contribution in [0.25, 0.3) is 11.0 Å². The zero-order chi connectivity index (χ0) is 17.3. The highest BCUT2D eigenvalue weighted by Gasteiger charge is 2.29. The van der Waals surface area contributed by atoms with Crippen molar-refractivity contribution < 1.29 is 17.6 Å². The highest BCUT2D eigenvalue weighted by Crippen LogP contribution is 2.29. The molecule has 24 heavy (non-hydrogen) atoms. The number of amides is 1. The first-order valence-corrected chi connectivity index (χ1v) is 10.1. The summed E-state index contributed by atoms with van der Waals surface area (Å²) in [5.74, 6) is -0.280. The van der Waals surface area contributed by atoms with Gasteiger partial charge in [-0.1, -0.05) is 18.2 Å². The van der Waals surface area contributed by atoms with E-state index >= 15 is 0 Å². The molecule has 6 nitrogen and oxygen atoms in total. The smallest absolute Gasteiger partial charge is 0.289 e. The molecule has 130 valence electrons. The van der Waals surface area contributed by atoms with Crippen LogP contribution in [0.15, 0.2) is 28.7 Å². The molecule has 1 atom stereocenters. The summed E-state index contributed by atoms with van der Waals surface area (Å²) in [5, 5.41) is 3.89. The van der Waals surface area contributed by atoms with Crippen LogP contribution in [-0.4, -0.2) is 51.7 Å². The first kappa shape index (κ1) is 17.0. The molecule has 0 radical (unpaired) electrons. The molecule has 0 aliphatic carbocycles. The summed E-state index contributed by atoms with van der Waals surface area (Å²) < 4.78 is 29.4. The van der Waals surface area contributed by atoms with Gasteiger partial charge in [-0.2, -0.15) is 0 Å². The monoisotopic (exact) mass is 350 g/mol. The van der Waals surface area contributed by atoms with E-state index in [2.05, 4.69) is 5.32 Å². The lowest BCUT2D eigenvalue weighted by Gasteiger charge is -2.32. The molecule has 0 saturated carbocycles. The van der Waals surface area contributed by atoms with E-state index < -0.39 is 9.84 Å². The van der Waals surface area contributed by atoms with E-state index in [9.17, 15) is 13.2 Å². The lowest BCUT2D eigenvalue weighted by molar-refractivity contribution is 0.0667. The first-order chi connectivity index (χ1) is 11.4. The Balaban J connectivity index is 2.01. The molecule has 0 unspecified atom stereocenters. The third kappa shape index (κ3) is 3.47. The number of rotatable bonds is 4. The molecule has 2 aromatic rings. The van der Waals surface area contributed by atoms with Gasteiger partial charge in [0.05, 0.1) is 5.75 Å². The number of carbonyl (C=O) groups is 1. The molecular formula is C17H22N2O4S. The third-order valence-electron chi connectivity index (χ3n) is 4.42. The normalized spacial score (nSPS) is 18.9. The fraction of sp³-hybridized carbons (Fsp3) is 0.471. The van der Waals surface area contributed by atoms with E-state index in [1.54, 1.807) is 17.0 Å². The van der Waals surface area contributed by atoms with Gasteiger partial charge in [0.25, 0.3) is 5.91 Å². The van der Waals surface area contributed by atoms with Crippen LogP contribution in [0, 0.1) is 0 Å². The van der Waals surface area contributed by atoms with E-state index in [1.807, 2.05) is 19.2 Å². The maximum atomic E-state index is 12.9. The summed E-state index contributed by atoms with van der Waals surface area (Å²) >= 11 is 0. The number of furan rings is 1. The number of hydrogen-bond acceptors (Lipinski definition) is 5. The van der Waals surface area contributed by atoms with Gasteiger partial charge in [0.1, 0.15) is 5.58 Å². The molecule has 0 bridgehead atoms. The molecule has 1 fully saturated rings. The fourth-order valence-electron chi connectivity index (χ4n) is 3.22. The van der Waals surface area contributed by atoms with Crippen LogP contribution in [0.5, 0.6) is 0 Å². The number of fused-ring (bicyclic) bond motifs is 1. The predicted octanol–water partition coefficient (Wildman–Crippen LogP) is 1.80. The SMILES string of the molecule is CN[C@@H]1CCCN(C(=O)c2oc3ccccc3c2CS(C)(=O)=O)C1. The van der Waals surface area contributed by atoms with Crippen LogP contribution >= 0.6 is 0 Å². The molecule has 3 rings (SSSR count). The Labute approximate surface area is 141 Å². The van der Waals surface area contributed by atoms with Crippen molar-refractivity contribution in [3.05, 3.63) is 35.6 Å². The Hall–Kier alpha value is -1.86. The lowest BCUT2D eigenvalue weighted by Crippen LogP contribution is -2.47. The molecule has 1 aromatic carbocycles. The van der Waals surface area contributed by atoms with Crippen LogP contribution in [0.4, 0.5) is 0 Å². The van der Waals surface area contributed by atoms with Crippen molar-refractivity contribution in [2.45, 2.75) is 24.6 Å². The number of nitrogens with one attached hydrogen (secondary N) is 1. The molecule has 1 aliphatic rings. The zero-order valence-corrected chi connectivity index (χ0v) is 14.7. The molecule has 1 saturated heterocycles. The fourth-order valence-corrected chi connectivity index (χ4v) is 4.03. The quantitative estimate of drug-likeness (QED) is 0.909. The Morgan fingerprint density at radius 2 is 2.12 bits per heavy atom. The van der Waals surface area contributed by atoms with Gasteiger partial charge in [0.15, 0.2) is 15.6 Å². The number of hydrogen-bond donors (Lipinski definition) is 1. The van der Waals surface area contributed by atoms with Gasteiger partial charge in [0, 0.05) is 36.3 Å². The summed E-state index contributed by atoms with van der Waals surface area (Å²) in [6.45, 7) is 1.26. The maximum absolute atomic E-state index is 12.9. The van der Waals surface area contributed by atoms with E-state index in [-0.39, 0.29) is 23.5 Å². The van der Waals surface area contributed by atoms with Gasteiger partial charge in [-0.15, -0.1) is 0 Å². The van der Waals surface area contributed by atoms with Crippen molar-refractivity contribution >= 4 is 26.7 Å². The highest BCUT2D eigenvalue weighted by molar-refractivity contribution is 7.89. The number of piperidine rings is 1. The minimum absolute atomic E-state index is 0.151. The van der Waals surface area contributed by atoms with Crippen LogP contribution < -0.4 is 5.32 Å². The first-order valence-electron chi connectivity index (χ1n) is 8.03. The van der Waals surface area contributed by atoms with Crippen molar-refractivity contribution in [1.29, 1.82) is 0 Å². The maximum Gasteiger partial charge on any atom is 0.289 e. The van der Waals surface area contributed by atoms with Crippen LogP contribution in [0.2, 0.25) is 0 Å². The summed E-state index contributed by atoms with van der Waals surface area (Å²) in [6.07, 6.45) is 3.11. The molecule has 1 amide bonds. The lowest BCUT2D eigenvalue weighted by atomic mass is 10.0. The van der Waals surface area contributed by atoms with E-state index in [1.165, 1.54) is 6.26 Å². The highest BCUT2D eigenvalue weighted by atomic mass is 32.2. The Bertz CT molecular complexity index is 857.